The quantitative estimate of drug-likeness (QED) is 0.753. The molecule has 0 spiro atoms. The third-order valence-electron chi connectivity index (χ3n) is 2.77. The Balaban J connectivity index is 2.21. The highest BCUT2D eigenvalue weighted by atomic mass is 16.5. The molecule has 0 aliphatic rings. The van der Waals surface area contributed by atoms with Gasteiger partial charge in [0.2, 0.25) is 0 Å². The second kappa shape index (κ2) is 5.72. The van der Waals surface area contributed by atoms with E-state index in [0.29, 0.717) is 5.92 Å². The van der Waals surface area contributed by atoms with Crippen molar-refractivity contribution in [1.29, 1.82) is 0 Å². The van der Waals surface area contributed by atoms with Crippen molar-refractivity contribution in [3.8, 4) is 16.9 Å². The average molecular weight is 240 g/mol. The maximum Gasteiger partial charge on any atom is 0.119 e. The summed E-state index contributed by atoms with van der Waals surface area (Å²) in [5.41, 5.74) is 3.73. The second-order valence-corrected chi connectivity index (χ2v) is 5.10. The van der Waals surface area contributed by atoms with Crippen molar-refractivity contribution in [2.45, 2.75) is 20.8 Å². The lowest BCUT2D eigenvalue weighted by atomic mass is 10.0. The van der Waals surface area contributed by atoms with Crippen LogP contribution in [0.1, 0.15) is 19.4 Å². The van der Waals surface area contributed by atoms with Crippen molar-refractivity contribution in [3.05, 3.63) is 54.1 Å². The van der Waals surface area contributed by atoms with Crippen LogP contribution in [0.3, 0.4) is 0 Å². The van der Waals surface area contributed by atoms with E-state index >= 15 is 0 Å². The van der Waals surface area contributed by atoms with E-state index in [1.165, 1.54) is 16.7 Å². The number of ether oxygens (including phenoxy) is 1. The molecule has 0 saturated carbocycles. The Morgan fingerprint density at radius 1 is 0.944 bits per heavy atom. The molecule has 94 valence electrons. The van der Waals surface area contributed by atoms with E-state index < -0.39 is 0 Å². The topological polar surface area (TPSA) is 9.23 Å². The monoisotopic (exact) mass is 240 g/mol. The number of rotatable bonds is 4. The Morgan fingerprint density at radius 3 is 2.28 bits per heavy atom. The Bertz CT molecular complexity index is 515. The van der Waals surface area contributed by atoms with Crippen molar-refractivity contribution in [2.24, 2.45) is 5.92 Å². The Morgan fingerprint density at radius 2 is 1.61 bits per heavy atom. The lowest BCUT2D eigenvalue weighted by Gasteiger charge is -2.10. The van der Waals surface area contributed by atoms with Gasteiger partial charge >= 0.3 is 0 Å². The molecule has 0 heterocycles. The maximum atomic E-state index is 5.76. The minimum absolute atomic E-state index is 0.549. The molecule has 0 N–H and O–H groups in total. The van der Waals surface area contributed by atoms with Gasteiger partial charge in [0.1, 0.15) is 5.75 Å². The molecule has 0 unspecified atom stereocenters. The number of hydrogen-bond acceptors (Lipinski definition) is 1. The summed E-state index contributed by atoms with van der Waals surface area (Å²) in [4.78, 5) is 0. The minimum atomic E-state index is 0.549. The lowest BCUT2D eigenvalue weighted by Crippen LogP contribution is -2.04. The van der Waals surface area contributed by atoms with Crippen LogP contribution in [0.2, 0.25) is 0 Å². The number of aryl methyl sites for hydroxylation is 1. The zero-order valence-corrected chi connectivity index (χ0v) is 11.3. The van der Waals surface area contributed by atoms with Gasteiger partial charge in [0.15, 0.2) is 0 Å². The van der Waals surface area contributed by atoms with E-state index in [-0.39, 0.29) is 0 Å². The highest BCUT2D eigenvalue weighted by molar-refractivity contribution is 5.65. The van der Waals surface area contributed by atoms with E-state index in [2.05, 4.69) is 57.2 Å². The number of benzene rings is 2. The molecule has 0 aliphatic heterocycles. The molecule has 0 radical (unpaired) electrons. The van der Waals surface area contributed by atoms with Crippen molar-refractivity contribution >= 4 is 0 Å². The normalized spacial score (nSPS) is 10.7. The van der Waals surface area contributed by atoms with E-state index in [0.717, 1.165) is 12.4 Å². The fourth-order valence-corrected chi connectivity index (χ4v) is 1.85. The van der Waals surface area contributed by atoms with Crippen LogP contribution < -0.4 is 4.74 Å². The van der Waals surface area contributed by atoms with E-state index in [9.17, 15) is 0 Å². The maximum absolute atomic E-state index is 5.76. The van der Waals surface area contributed by atoms with Gasteiger partial charge in [-0.2, -0.15) is 0 Å². The summed E-state index contributed by atoms with van der Waals surface area (Å²) < 4.78 is 5.76. The van der Waals surface area contributed by atoms with Gasteiger partial charge in [0.25, 0.3) is 0 Å². The van der Waals surface area contributed by atoms with Crippen molar-refractivity contribution in [1.82, 2.24) is 0 Å². The Kier molecular flexibility index (Phi) is 4.03. The molecule has 0 atom stereocenters. The van der Waals surface area contributed by atoms with Gasteiger partial charge < -0.3 is 4.74 Å². The first-order valence-electron chi connectivity index (χ1n) is 6.45. The van der Waals surface area contributed by atoms with Gasteiger partial charge in [-0.1, -0.05) is 55.8 Å². The summed E-state index contributed by atoms with van der Waals surface area (Å²) in [5.74, 6) is 1.50. The van der Waals surface area contributed by atoms with Gasteiger partial charge in [-0.05, 0) is 36.1 Å². The predicted molar refractivity (Wildman–Crippen MR) is 76.9 cm³/mol. The molecular formula is C17H20O. The van der Waals surface area contributed by atoms with Gasteiger partial charge in [-0.25, -0.2) is 0 Å². The van der Waals surface area contributed by atoms with Crippen molar-refractivity contribution in [3.63, 3.8) is 0 Å². The van der Waals surface area contributed by atoms with E-state index in [1.54, 1.807) is 0 Å². The van der Waals surface area contributed by atoms with Crippen LogP contribution in [0.5, 0.6) is 5.75 Å². The highest BCUT2D eigenvalue weighted by Gasteiger charge is 2.01. The number of hydrogen-bond donors (Lipinski definition) is 0. The minimum Gasteiger partial charge on any atom is -0.493 e. The van der Waals surface area contributed by atoms with Crippen molar-refractivity contribution in [2.75, 3.05) is 6.61 Å². The van der Waals surface area contributed by atoms with Crippen LogP contribution in [0.15, 0.2) is 48.5 Å². The third kappa shape index (κ3) is 3.36. The summed E-state index contributed by atoms with van der Waals surface area (Å²) >= 11 is 0. The first-order valence-corrected chi connectivity index (χ1v) is 6.45. The highest BCUT2D eigenvalue weighted by Crippen LogP contribution is 2.24. The molecular weight excluding hydrogens is 220 g/mol. The largest absolute Gasteiger partial charge is 0.493 e. The van der Waals surface area contributed by atoms with Gasteiger partial charge in [-0.15, -0.1) is 0 Å². The standard InChI is InChI=1S/C17H20O/c1-13(2)12-18-17-9-5-8-16(11-17)15-7-4-6-14(3)10-15/h4-11,13H,12H2,1-3H3. The molecule has 0 bridgehead atoms. The molecule has 1 heteroatoms. The summed E-state index contributed by atoms with van der Waals surface area (Å²) in [6.07, 6.45) is 0. The molecule has 2 aromatic carbocycles. The Hall–Kier alpha value is -1.76. The SMILES string of the molecule is Cc1cccc(-c2cccc(OCC(C)C)c2)c1. The molecule has 1 nitrogen and oxygen atoms in total. The fourth-order valence-electron chi connectivity index (χ4n) is 1.85. The van der Waals surface area contributed by atoms with Crippen LogP contribution in [0, 0.1) is 12.8 Å². The molecule has 0 fully saturated rings. The van der Waals surface area contributed by atoms with Crippen LogP contribution in [0.25, 0.3) is 11.1 Å². The van der Waals surface area contributed by atoms with Crippen LogP contribution in [-0.2, 0) is 0 Å². The van der Waals surface area contributed by atoms with Gasteiger partial charge in [0, 0.05) is 0 Å². The molecule has 0 aliphatic carbocycles. The summed E-state index contributed by atoms with van der Waals surface area (Å²) in [6, 6.07) is 16.8. The van der Waals surface area contributed by atoms with Crippen molar-refractivity contribution < 1.29 is 4.74 Å². The smallest absolute Gasteiger partial charge is 0.119 e. The second-order valence-electron chi connectivity index (χ2n) is 5.10. The zero-order chi connectivity index (χ0) is 13.0. The molecule has 2 rings (SSSR count). The summed E-state index contributed by atoms with van der Waals surface area (Å²) in [6.45, 7) is 7.19. The lowest BCUT2D eigenvalue weighted by molar-refractivity contribution is 0.271. The first kappa shape index (κ1) is 12.7. The Labute approximate surface area is 109 Å². The van der Waals surface area contributed by atoms with Gasteiger partial charge in [0.05, 0.1) is 6.61 Å². The molecule has 0 aromatic heterocycles. The van der Waals surface area contributed by atoms with Crippen LogP contribution in [0.4, 0.5) is 0 Å². The molecule has 18 heavy (non-hydrogen) atoms. The predicted octanol–water partition coefficient (Wildman–Crippen LogP) is 4.70. The van der Waals surface area contributed by atoms with Crippen LogP contribution >= 0.6 is 0 Å². The summed E-state index contributed by atoms with van der Waals surface area (Å²) in [7, 11) is 0. The molecule has 2 aromatic rings. The molecule has 0 saturated heterocycles. The molecule has 0 amide bonds. The third-order valence-corrected chi connectivity index (χ3v) is 2.77. The van der Waals surface area contributed by atoms with Crippen LogP contribution in [-0.4, -0.2) is 6.61 Å². The summed E-state index contributed by atoms with van der Waals surface area (Å²) in [5, 5.41) is 0. The fraction of sp³-hybridized carbons (Fsp3) is 0.294. The van der Waals surface area contributed by atoms with E-state index in [4.69, 9.17) is 4.74 Å². The van der Waals surface area contributed by atoms with E-state index in [1.807, 2.05) is 12.1 Å². The first-order chi connectivity index (χ1) is 8.65. The van der Waals surface area contributed by atoms with Gasteiger partial charge in [-0.3, -0.25) is 0 Å². The average Bonchev–Trinajstić information content (AvgIpc) is 2.37. The zero-order valence-electron chi connectivity index (χ0n) is 11.3.